The van der Waals surface area contributed by atoms with Crippen LogP contribution in [-0.2, 0) is 4.74 Å². The number of aromatic nitrogens is 4. The number of anilines is 1. The van der Waals surface area contributed by atoms with Gasteiger partial charge in [0.1, 0.15) is 17.7 Å². The van der Waals surface area contributed by atoms with Crippen LogP contribution >= 0.6 is 11.8 Å². The predicted molar refractivity (Wildman–Crippen MR) is 152 cm³/mol. The zero-order valence-electron chi connectivity index (χ0n) is 22.9. The highest BCUT2D eigenvalue weighted by Crippen LogP contribution is 2.46. The van der Waals surface area contributed by atoms with Gasteiger partial charge < -0.3 is 24.4 Å². The SMILES string of the molecule is Cc1nc(-c2cccc(C3N=C4SC=CN4C3c3ccnc(N[C@@H]4CCCN(C(=O)OC(C)(C)C)C4)n3)c2)no1. The molecule has 12 heteroatoms. The highest BCUT2D eigenvalue weighted by Gasteiger charge is 2.40. The summed E-state index contributed by atoms with van der Waals surface area (Å²) in [5.74, 6) is 1.61. The van der Waals surface area contributed by atoms with E-state index in [0.29, 0.717) is 30.8 Å². The van der Waals surface area contributed by atoms with E-state index in [2.05, 4.69) is 43.7 Å². The summed E-state index contributed by atoms with van der Waals surface area (Å²) in [6.45, 7) is 8.64. The minimum Gasteiger partial charge on any atom is -0.444 e. The summed E-state index contributed by atoms with van der Waals surface area (Å²) in [5, 5.41) is 10.5. The molecule has 3 aromatic rings. The van der Waals surface area contributed by atoms with Crippen molar-refractivity contribution in [1.82, 2.24) is 29.9 Å². The van der Waals surface area contributed by atoms with Crippen LogP contribution in [0.1, 0.15) is 62.8 Å². The molecule has 2 unspecified atom stereocenters. The fourth-order valence-electron chi connectivity index (χ4n) is 5.15. The van der Waals surface area contributed by atoms with Crippen molar-refractivity contribution in [2.75, 3.05) is 18.4 Å². The number of thioether (sulfide) groups is 1. The number of carbonyl (C=O) groups excluding carboxylic acids is 1. The maximum Gasteiger partial charge on any atom is 0.410 e. The van der Waals surface area contributed by atoms with Crippen molar-refractivity contribution in [3.63, 3.8) is 0 Å². The molecule has 3 aliphatic heterocycles. The van der Waals surface area contributed by atoms with E-state index in [1.807, 2.05) is 44.4 Å². The number of hydrogen-bond acceptors (Lipinski definition) is 11. The molecule has 40 heavy (non-hydrogen) atoms. The molecule has 2 aromatic heterocycles. The topological polar surface area (TPSA) is 122 Å². The summed E-state index contributed by atoms with van der Waals surface area (Å²) in [6.07, 6.45) is 5.34. The maximum absolute atomic E-state index is 12.6. The molecule has 1 amide bonds. The minimum atomic E-state index is -0.528. The smallest absolute Gasteiger partial charge is 0.410 e. The summed E-state index contributed by atoms with van der Waals surface area (Å²) in [7, 11) is 0. The number of nitrogens with one attached hydrogen (secondary N) is 1. The molecule has 1 fully saturated rings. The van der Waals surface area contributed by atoms with Crippen LogP contribution < -0.4 is 5.32 Å². The fraction of sp³-hybridized carbons (Fsp3) is 0.429. The monoisotopic (exact) mass is 560 g/mol. The Kier molecular flexibility index (Phi) is 6.95. The zero-order valence-corrected chi connectivity index (χ0v) is 23.8. The average molecular weight is 561 g/mol. The first-order valence-corrected chi connectivity index (χ1v) is 14.3. The van der Waals surface area contributed by atoms with E-state index in [1.165, 1.54) is 0 Å². The number of piperidine rings is 1. The normalized spacial score (nSPS) is 22.3. The van der Waals surface area contributed by atoms with Gasteiger partial charge in [-0.25, -0.2) is 14.8 Å². The molecular formula is C28H32N8O3S. The van der Waals surface area contributed by atoms with Gasteiger partial charge in [-0.15, -0.1) is 0 Å². The van der Waals surface area contributed by atoms with Crippen LogP contribution in [0.25, 0.3) is 11.4 Å². The van der Waals surface area contributed by atoms with Crippen LogP contribution in [0.15, 0.2) is 57.7 Å². The van der Waals surface area contributed by atoms with Gasteiger partial charge in [-0.05, 0) is 56.7 Å². The lowest BCUT2D eigenvalue weighted by atomic mass is 9.95. The Morgan fingerprint density at radius 2 is 2.10 bits per heavy atom. The second-order valence-corrected chi connectivity index (χ2v) is 12.0. The van der Waals surface area contributed by atoms with E-state index in [1.54, 1.807) is 29.8 Å². The van der Waals surface area contributed by atoms with E-state index < -0.39 is 5.60 Å². The van der Waals surface area contributed by atoms with Crippen molar-refractivity contribution in [3.05, 3.63) is 65.3 Å². The number of fused-ring (bicyclic) bond motifs is 1. The summed E-state index contributed by atoms with van der Waals surface area (Å²) < 4.78 is 10.8. The van der Waals surface area contributed by atoms with Gasteiger partial charge in [0.25, 0.3) is 0 Å². The van der Waals surface area contributed by atoms with Gasteiger partial charge in [0, 0.05) is 44.0 Å². The Bertz CT molecular complexity index is 1470. The van der Waals surface area contributed by atoms with Gasteiger partial charge in [-0.2, -0.15) is 4.98 Å². The number of aliphatic imine (C=N–C) groups is 1. The number of rotatable bonds is 5. The number of amidine groups is 1. The van der Waals surface area contributed by atoms with Gasteiger partial charge in [0.05, 0.1) is 5.69 Å². The lowest BCUT2D eigenvalue weighted by molar-refractivity contribution is 0.0206. The summed E-state index contributed by atoms with van der Waals surface area (Å²) >= 11 is 1.60. The molecule has 1 saturated heterocycles. The average Bonchev–Trinajstić information content (AvgIpc) is 3.64. The zero-order chi connectivity index (χ0) is 27.9. The standard InChI is InChI=1S/C28H32N8O3S/c1-17-30-24(34-39-17)19-8-5-7-18(15-19)22-23(36-13-14-40-26(36)33-22)21-10-11-29-25(32-21)31-20-9-6-12-35(16-20)27(37)38-28(2,3)4/h5,7-8,10-11,13-15,20,22-23H,6,9,12,16H2,1-4H3,(H,29,31,32)/t20-,22?,23?/m1/s1. The van der Waals surface area contributed by atoms with E-state index in [-0.39, 0.29) is 24.2 Å². The van der Waals surface area contributed by atoms with Crippen LogP contribution in [0.3, 0.4) is 0 Å². The van der Waals surface area contributed by atoms with Crippen LogP contribution in [0.2, 0.25) is 0 Å². The third kappa shape index (κ3) is 5.53. The number of likely N-dealkylation sites (tertiary alicyclic amines) is 1. The first-order chi connectivity index (χ1) is 19.2. The Morgan fingerprint density at radius 3 is 2.90 bits per heavy atom. The molecule has 5 heterocycles. The van der Waals surface area contributed by atoms with Crippen LogP contribution in [0, 0.1) is 6.92 Å². The molecule has 1 N–H and O–H groups in total. The fourth-order valence-corrected chi connectivity index (χ4v) is 5.93. The Balaban J connectivity index is 1.23. The van der Waals surface area contributed by atoms with E-state index >= 15 is 0 Å². The van der Waals surface area contributed by atoms with Crippen molar-refractivity contribution in [3.8, 4) is 11.4 Å². The molecule has 0 saturated carbocycles. The van der Waals surface area contributed by atoms with Gasteiger partial charge in [-0.1, -0.05) is 35.1 Å². The van der Waals surface area contributed by atoms with Gasteiger partial charge >= 0.3 is 6.09 Å². The summed E-state index contributed by atoms with van der Waals surface area (Å²) in [6, 6.07) is 9.75. The van der Waals surface area contributed by atoms with E-state index in [0.717, 1.165) is 34.8 Å². The molecular weight excluding hydrogens is 528 g/mol. The molecule has 3 aliphatic rings. The largest absolute Gasteiger partial charge is 0.444 e. The van der Waals surface area contributed by atoms with Crippen molar-refractivity contribution >= 4 is 29.0 Å². The molecule has 0 spiro atoms. The minimum absolute atomic E-state index is 0.0278. The van der Waals surface area contributed by atoms with E-state index in [9.17, 15) is 4.79 Å². The molecule has 1 aromatic carbocycles. The third-order valence-electron chi connectivity index (χ3n) is 6.86. The lowest BCUT2D eigenvalue weighted by Crippen LogP contribution is -2.47. The van der Waals surface area contributed by atoms with Crippen LogP contribution in [0.5, 0.6) is 0 Å². The summed E-state index contributed by atoms with van der Waals surface area (Å²) in [4.78, 5) is 35.5. The summed E-state index contributed by atoms with van der Waals surface area (Å²) in [5.41, 5.74) is 2.24. The van der Waals surface area contributed by atoms with Gasteiger partial charge in [0.2, 0.25) is 17.7 Å². The van der Waals surface area contributed by atoms with Crippen molar-refractivity contribution < 1.29 is 14.1 Å². The number of aryl methyl sites for hydroxylation is 1. The molecule has 6 rings (SSSR count). The Hall–Kier alpha value is -3.93. The highest BCUT2D eigenvalue weighted by atomic mass is 32.2. The van der Waals surface area contributed by atoms with Crippen molar-refractivity contribution in [2.24, 2.45) is 4.99 Å². The molecule has 0 bridgehead atoms. The number of amides is 1. The molecule has 0 radical (unpaired) electrons. The Morgan fingerprint density at radius 1 is 1.23 bits per heavy atom. The van der Waals surface area contributed by atoms with E-state index in [4.69, 9.17) is 19.2 Å². The first-order valence-electron chi connectivity index (χ1n) is 13.4. The first kappa shape index (κ1) is 26.3. The van der Waals surface area contributed by atoms with Gasteiger partial charge in [0.15, 0.2) is 5.17 Å². The molecule has 3 atom stereocenters. The van der Waals surface area contributed by atoms with Crippen molar-refractivity contribution in [1.29, 1.82) is 0 Å². The maximum atomic E-state index is 12.6. The molecule has 11 nitrogen and oxygen atoms in total. The molecule has 0 aliphatic carbocycles. The number of carbonyl (C=O) groups is 1. The second-order valence-electron chi connectivity index (χ2n) is 11.1. The lowest BCUT2D eigenvalue weighted by Gasteiger charge is -2.34. The van der Waals surface area contributed by atoms with Crippen LogP contribution in [-0.4, -0.2) is 65.9 Å². The third-order valence-corrected chi connectivity index (χ3v) is 7.65. The number of ether oxygens (including phenoxy) is 1. The number of nitrogens with zero attached hydrogens (tertiary/aromatic N) is 7. The number of benzene rings is 1. The molecule has 208 valence electrons. The quantitative estimate of drug-likeness (QED) is 0.439. The highest BCUT2D eigenvalue weighted by molar-refractivity contribution is 8.16. The number of hydrogen-bond donors (Lipinski definition) is 1. The predicted octanol–water partition coefficient (Wildman–Crippen LogP) is 5.32. The van der Waals surface area contributed by atoms with Crippen molar-refractivity contribution in [2.45, 2.75) is 64.3 Å². The van der Waals surface area contributed by atoms with Gasteiger partial charge in [-0.3, -0.25) is 4.99 Å². The second kappa shape index (κ2) is 10.6. The Labute approximate surface area is 237 Å². The van der Waals surface area contributed by atoms with Crippen LogP contribution in [0.4, 0.5) is 10.7 Å².